The number of aromatic nitrogens is 1. The highest BCUT2D eigenvalue weighted by atomic mass is 19.1. The molecule has 0 fully saturated rings. The maximum absolute atomic E-state index is 13.3. The van der Waals surface area contributed by atoms with Crippen molar-refractivity contribution in [1.82, 2.24) is 9.88 Å². The van der Waals surface area contributed by atoms with Gasteiger partial charge < -0.3 is 10.1 Å². The highest BCUT2D eigenvalue weighted by Gasteiger charge is 2.21. The molecule has 0 spiro atoms. The Morgan fingerprint density at radius 3 is 2.43 bits per heavy atom. The average Bonchev–Trinajstić information content (AvgIpc) is 2.92. The van der Waals surface area contributed by atoms with E-state index in [4.69, 9.17) is 4.74 Å². The molecule has 148 valence electrons. The van der Waals surface area contributed by atoms with Crippen LogP contribution in [-0.2, 0) is 6.42 Å². The van der Waals surface area contributed by atoms with E-state index in [1.165, 1.54) is 24.3 Å². The zero-order chi connectivity index (χ0) is 20.5. The third-order valence-electron chi connectivity index (χ3n) is 4.87. The largest absolute Gasteiger partial charge is 0.497 e. The maximum Gasteiger partial charge on any atom is 0.262 e. The number of hydrogen-bond donors (Lipinski definition) is 1. The number of ether oxygens (including phenoxy) is 1. The van der Waals surface area contributed by atoms with Crippen LogP contribution in [-0.4, -0.2) is 29.7 Å². The molecule has 0 bridgehead atoms. The lowest BCUT2D eigenvalue weighted by atomic mass is 10.1. The summed E-state index contributed by atoms with van der Waals surface area (Å²) in [6, 6.07) is 11.4. The van der Waals surface area contributed by atoms with Gasteiger partial charge in [0.15, 0.2) is 0 Å². The fraction of sp³-hybridized carbons (Fsp3) is 0.348. The predicted molar refractivity (Wildman–Crippen MR) is 111 cm³/mol. The monoisotopic (exact) mass is 382 g/mol. The molecule has 0 aliphatic heterocycles. The van der Waals surface area contributed by atoms with Crippen molar-refractivity contribution >= 4 is 16.8 Å². The summed E-state index contributed by atoms with van der Waals surface area (Å²) in [5.41, 5.74) is 3.32. The Hall–Kier alpha value is -2.66. The molecular formula is C23H27FN2O2. The molecule has 0 saturated heterocycles. The first-order chi connectivity index (χ1) is 13.2. The van der Waals surface area contributed by atoms with Crippen molar-refractivity contribution in [3.05, 3.63) is 65.1 Å². The second-order valence-electron chi connectivity index (χ2n) is 8.02. The van der Waals surface area contributed by atoms with Crippen molar-refractivity contribution in [2.75, 3.05) is 13.7 Å². The Labute approximate surface area is 165 Å². The average molecular weight is 382 g/mol. The van der Waals surface area contributed by atoms with Gasteiger partial charge in [0.05, 0.1) is 12.6 Å². The molecule has 3 rings (SSSR count). The molecule has 2 aromatic carbocycles. The Bertz CT molecular complexity index is 998. The minimum Gasteiger partial charge on any atom is -0.497 e. The number of hydrogen-bond acceptors (Lipinski definition) is 3. The molecule has 0 aliphatic carbocycles. The van der Waals surface area contributed by atoms with Gasteiger partial charge in [-0.05, 0) is 88.7 Å². The van der Waals surface area contributed by atoms with Crippen LogP contribution in [0.15, 0.2) is 42.5 Å². The van der Waals surface area contributed by atoms with Crippen molar-refractivity contribution in [3.8, 4) is 5.75 Å². The fourth-order valence-electron chi connectivity index (χ4n) is 3.45. The van der Waals surface area contributed by atoms with Crippen molar-refractivity contribution in [3.63, 3.8) is 0 Å². The molecule has 0 saturated carbocycles. The Kier molecular flexibility index (Phi) is 5.57. The van der Waals surface area contributed by atoms with Crippen LogP contribution >= 0.6 is 0 Å². The second-order valence-corrected chi connectivity index (χ2v) is 8.02. The Morgan fingerprint density at radius 1 is 1.14 bits per heavy atom. The molecule has 5 heteroatoms. The molecule has 3 aromatic rings. The molecule has 0 radical (unpaired) electrons. The number of nitrogens with one attached hydrogen (secondary N) is 1. The van der Waals surface area contributed by atoms with E-state index < -0.39 is 0 Å². The van der Waals surface area contributed by atoms with Gasteiger partial charge in [-0.1, -0.05) is 0 Å². The highest BCUT2D eigenvalue weighted by Crippen LogP contribution is 2.30. The van der Waals surface area contributed by atoms with E-state index in [-0.39, 0.29) is 17.3 Å². The molecule has 28 heavy (non-hydrogen) atoms. The van der Waals surface area contributed by atoms with Crippen LogP contribution in [0.3, 0.4) is 0 Å². The van der Waals surface area contributed by atoms with E-state index in [1.807, 2.05) is 25.1 Å². The first-order valence-electron chi connectivity index (χ1n) is 9.44. The van der Waals surface area contributed by atoms with Gasteiger partial charge in [0.1, 0.15) is 11.6 Å². The van der Waals surface area contributed by atoms with Crippen LogP contribution in [0, 0.1) is 12.7 Å². The third-order valence-corrected chi connectivity index (χ3v) is 4.87. The number of nitrogens with zero attached hydrogens (tertiary/aromatic N) is 1. The van der Waals surface area contributed by atoms with Gasteiger partial charge in [-0.3, -0.25) is 9.36 Å². The topological polar surface area (TPSA) is 43.3 Å². The van der Waals surface area contributed by atoms with E-state index >= 15 is 0 Å². The first-order valence-corrected chi connectivity index (χ1v) is 9.44. The predicted octanol–water partition coefficient (Wildman–Crippen LogP) is 4.72. The van der Waals surface area contributed by atoms with Gasteiger partial charge in [0, 0.05) is 22.2 Å². The normalized spacial score (nSPS) is 11.8. The molecule has 0 aliphatic rings. The fourth-order valence-corrected chi connectivity index (χ4v) is 3.45. The van der Waals surface area contributed by atoms with Gasteiger partial charge >= 0.3 is 0 Å². The van der Waals surface area contributed by atoms with Crippen molar-refractivity contribution < 1.29 is 13.9 Å². The lowest BCUT2D eigenvalue weighted by Gasteiger charge is -2.20. The molecule has 0 atom stereocenters. The zero-order valence-corrected chi connectivity index (χ0v) is 17.1. The molecular weight excluding hydrogens is 355 g/mol. The summed E-state index contributed by atoms with van der Waals surface area (Å²) in [5, 5.41) is 4.50. The molecule has 1 aromatic heterocycles. The van der Waals surface area contributed by atoms with Crippen molar-refractivity contribution in [2.24, 2.45) is 0 Å². The number of fused-ring (bicyclic) bond motifs is 1. The molecule has 1 heterocycles. The number of carbonyl (C=O) groups is 1. The number of rotatable bonds is 5. The van der Waals surface area contributed by atoms with Crippen LogP contribution in [0.2, 0.25) is 0 Å². The summed E-state index contributed by atoms with van der Waals surface area (Å²) in [6.45, 7) is 9.14. The quantitative estimate of drug-likeness (QED) is 0.695. The SMILES string of the molecule is COc1ccc2c(c1)c(CCNC(C)(C)C)c(C)n2C(=O)c1ccc(F)cc1. The molecule has 1 N–H and O–H groups in total. The van der Waals surface area contributed by atoms with Gasteiger partial charge in [-0.15, -0.1) is 0 Å². The van der Waals surface area contributed by atoms with E-state index in [1.54, 1.807) is 11.7 Å². The standard InChI is InChI=1S/C23H27FN2O2/c1-15-19(12-13-25-23(2,3)4)20-14-18(28-5)10-11-21(20)26(15)22(27)16-6-8-17(24)9-7-16/h6-11,14,25H,12-13H2,1-5H3. The van der Waals surface area contributed by atoms with Gasteiger partial charge in [-0.25, -0.2) is 4.39 Å². The van der Waals surface area contributed by atoms with Crippen LogP contribution in [0.25, 0.3) is 10.9 Å². The van der Waals surface area contributed by atoms with Crippen molar-refractivity contribution in [2.45, 2.75) is 39.7 Å². The molecule has 0 amide bonds. The van der Waals surface area contributed by atoms with Gasteiger partial charge in [-0.2, -0.15) is 0 Å². The minimum atomic E-state index is -0.357. The van der Waals surface area contributed by atoms with Gasteiger partial charge in [0.2, 0.25) is 0 Å². The maximum atomic E-state index is 13.3. The van der Waals surface area contributed by atoms with E-state index in [0.717, 1.165) is 40.9 Å². The first kappa shape index (κ1) is 20.1. The van der Waals surface area contributed by atoms with E-state index in [2.05, 4.69) is 26.1 Å². The highest BCUT2D eigenvalue weighted by molar-refractivity contribution is 6.04. The smallest absolute Gasteiger partial charge is 0.262 e. The number of benzene rings is 2. The number of carbonyl (C=O) groups excluding carboxylic acids is 1. The summed E-state index contributed by atoms with van der Waals surface area (Å²) in [5.74, 6) is 0.232. The second kappa shape index (κ2) is 7.76. The van der Waals surface area contributed by atoms with Gasteiger partial charge in [0.25, 0.3) is 5.91 Å². The zero-order valence-electron chi connectivity index (χ0n) is 17.1. The van der Waals surface area contributed by atoms with Crippen LogP contribution in [0.5, 0.6) is 5.75 Å². The van der Waals surface area contributed by atoms with Crippen LogP contribution in [0.4, 0.5) is 4.39 Å². The third kappa shape index (κ3) is 4.09. The minimum absolute atomic E-state index is 0.0217. The van der Waals surface area contributed by atoms with E-state index in [9.17, 15) is 9.18 Å². The van der Waals surface area contributed by atoms with E-state index in [0.29, 0.717) is 5.56 Å². The Balaban J connectivity index is 2.08. The lowest BCUT2D eigenvalue weighted by Crippen LogP contribution is -2.37. The number of methoxy groups -OCH3 is 1. The lowest BCUT2D eigenvalue weighted by molar-refractivity contribution is 0.0963. The summed E-state index contributed by atoms with van der Waals surface area (Å²) in [4.78, 5) is 13.2. The molecule has 4 nitrogen and oxygen atoms in total. The Morgan fingerprint density at radius 2 is 1.82 bits per heavy atom. The summed E-state index contributed by atoms with van der Waals surface area (Å²) < 4.78 is 20.4. The van der Waals surface area contributed by atoms with Crippen LogP contribution < -0.4 is 10.1 Å². The summed E-state index contributed by atoms with van der Waals surface area (Å²) in [7, 11) is 1.63. The number of halogens is 1. The van der Waals surface area contributed by atoms with Crippen LogP contribution in [0.1, 0.15) is 42.4 Å². The summed E-state index contributed by atoms with van der Waals surface area (Å²) >= 11 is 0. The summed E-state index contributed by atoms with van der Waals surface area (Å²) in [6.07, 6.45) is 0.788. The molecule has 0 unspecified atom stereocenters. The van der Waals surface area contributed by atoms with Crippen molar-refractivity contribution in [1.29, 1.82) is 0 Å².